The van der Waals surface area contributed by atoms with E-state index in [2.05, 4.69) is 134 Å². The van der Waals surface area contributed by atoms with E-state index in [9.17, 15) is 5.26 Å². The summed E-state index contributed by atoms with van der Waals surface area (Å²) >= 11 is 0. The van der Waals surface area contributed by atoms with E-state index in [4.69, 9.17) is 9.97 Å². The lowest BCUT2D eigenvalue weighted by Gasteiger charge is -2.15. The second-order valence-corrected chi connectivity index (χ2v) is 12.2. The van der Waals surface area contributed by atoms with E-state index in [1.165, 1.54) is 21.9 Å². The molecule has 0 N–H and O–H groups in total. The van der Waals surface area contributed by atoms with Crippen LogP contribution in [0, 0.1) is 18.3 Å². The summed E-state index contributed by atoms with van der Waals surface area (Å²) in [4.78, 5) is 10.1. The van der Waals surface area contributed by atoms with Gasteiger partial charge in [-0.15, -0.1) is 0 Å². The minimum atomic E-state index is 0.663. The molecule has 0 bridgehead atoms. The molecule has 0 spiro atoms. The maximum Gasteiger partial charge on any atom is 0.160 e. The van der Waals surface area contributed by atoms with Crippen molar-refractivity contribution in [2.45, 2.75) is 6.92 Å². The van der Waals surface area contributed by atoms with Gasteiger partial charge in [0.25, 0.3) is 0 Å². The Morgan fingerprint density at radius 2 is 0.878 bits per heavy atom. The highest BCUT2D eigenvalue weighted by atomic mass is 14.9. The van der Waals surface area contributed by atoms with Crippen LogP contribution in [0.15, 0.2) is 170 Å². The van der Waals surface area contributed by atoms with Crippen LogP contribution < -0.4 is 0 Å². The quantitative estimate of drug-likeness (QED) is 0.185. The number of nitriles is 1. The summed E-state index contributed by atoms with van der Waals surface area (Å²) < 4.78 is 0. The first-order valence-corrected chi connectivity index (χ1v) is 16.4. The van der Waals surface area contributed by atoms with Gasteiger partial charge in [0.2, 0.25) is 0 Å². The molecular formula is C46H31N3. The summed E-state index contributed by atoms with van der Waals surface area (Å²) in [5.74, 6) is 0.717. The summed E-state index contributed by atoms with van der Waals surface area (Å²) in [6.07, 6.45) is 0. The third-order valence-electron chi connectivity index (χ3n) is 9.14. The Bertz CT molecular complexity index is 2480. The van der Waals surface area contributed by atoms with Gasteiger partial charge in [-0.1, -0.05) is 152 Å². The number of hydrogen-bond donors (Lipinski definition) is 0. The molecule has 49 heavy (non-hydrogen) atoms. The lowest BCUT2D eigenvalue weighted by atomic mass is 9.90. The molecular weight excluding hydrogens is 595 g/mol. The SMILES string of the molecule is Cc1c(-c2ccccc2)nc(-c2ccccc2)nc1-c1ccc(-c2ccc(-c3cccc(-c4ccc(C#N)cc4)c3)c3ccccc23)cc1. The predicted molar refractivity (Wildman–Crippen MR) is 202 cm³/mol. The molecule has 0 saturated heterocycles. The topological polar surface area (TPSA) is 49.6 Å². The van der Waals surface area contributed by atoms with Gasteiger partial charge in [-0.3, -0.25) is 0 Å². The van der Waals surface area contributed by atoms with E-state index in [0.29, 0.717) is 11.4 Å². The van der Waals surface area contributed by atoms with E-state index in [-0.39, 0.29) is 0 Å². The average molecular weight is 626 g/mol. The summed E-state index contributed by atoms with van der Waals surface area (Å²) in [7, 11) is 0. The molecule has 0 unspecified atom stereocenters. The summed E-state index contributed by atoms with van der Waals surface area (Å²) in [5.41, 5.74) is 13.6. The van der Waals surface area contributed by atoms with Crippen LogP contribution >= 0.6 is 0 Å². The van der Waals surface area contributed by atoms with Gasteiger partial charge < -0.3 is 0 Å². The number of hydrogen-bond acceptors (Lipinski definition) is 3. The zero-order valence-corrected chi connectivity index (χ0v) is 27.0. The number of fused-ring (bicyclic) bond motifs is 1. The Balaban J connectivity index is 1.18. The van der Waals surface area contributed by atoms with Crippen molar-refractivity contribution in [1.82, 2.24) is 9.97 Å². The highest BCUT2D eigenvalue weighted by molar-refractivity contribution is 6.05. The summed E-state index contributed by atoms with van der Waals surface area (Å²) in [6, 6.07) is 61.0. The second kappa shape index (κ2) is 12.9. The molecule has 1 heterocycles. The summed E-state index contributed by atoms with van der Waals surface area (Å²) in [5, 5.41) is 11.6. The van der Waals surface area contributed by atoms with Crippen LogP contribution in [-0.4, -0.2) is 9.97 Å². The van der Waals surface area contributed by atoms with Gasteiger partial charge in [-0.2, -0.15) is 5.26 Å². The highest BCUT2D eigenvalue weighted by Crippen LogP contribution is 2.38. The van der Waals surface area contributed by atoms with Crippen LogP contribution in [-0.2, 0) is 0 Å². The third kappa shape index (κ3) is 5.78. The first-order valence-electron chi connectivity index (χ1n) is 16.4. The van der Waals surface area contributed by atoms with E-state index < -0.39 is 0 Å². The molecule has 0 aliphatic heterocycles. The van der Waals surface area contributed by atoms with Gasteiger partial charge in [0, 0.05) is 22.3 Å². The molecule has 0 aliphatic carbocycles. The van der Waals surface area contributed by atoms with Gasteiger partial charge in [0.1, 0.15) is 0 Å². The maximum absolute atomic E-state index is 9.22. The molecule has 0 saturated carbocycles. The Kier molecular flexibility index (Phi) is 7.82. The van der Waals surface area contributed by atoms with Crippen LogP contribution in [0.2, 0.25) is 0 Å². The molecule has 0 aliphatic rings. The molecule has 8 aromatic rings. The number of benzene rings is 7. The van der Waals surface area contributed by atoms with Crippen LogP contribution in [0.3, 0.4) is 0 Å². The first-order chi connectivity index (χ1) is 24.2. The number of aromatic nitrogens is 2. The molecule has 8 rings (SSSR count). The smallest absolute Gasteiger partial charge is 0.160 e. The monoisotopic (exact) mass is 625 g/mol. The molecule has 3 nitrogen and oxygen atoms in total. The van der Waals surface area contributed by atoms with Crippen molar-refractivity contribution >= 4 is 10.8 Å². The van der Waals surface area contributed by atoms with Crippen molar-refractivity contribution in [2.24, 2.45) is 0 Å². The van der Waals surface area contributed by atoms with E-state index in [1.807, 2.05) is 48.5 Å². The van der Waals surface area contributed by atoms with Crippen molar-refractivity contribution in [3.63, 3.8) is 0 Å². The molecule has 0 amide bonds. The number of nitrogens with zero attached hydrogens (tertiary/aromatic N) is 3. The lowest BCUT2D eigenvalue weighted by Crippen LogP contribution is -2.00. The van der Waals surface area contributed by atoms with Gasteiger partial charge in [0.15, 0.2) is 5.82 Å². The standard InChI is InChI=1S/C46H31N3/c1-31-44(35-11-4-2-5-12-35)48-46(37-13-6-3-7-14-37)49-45(31)36-25-23-34(24-26-36)40-27-28-41(43-18-9-8-17-42(40)43)39-16-10-15-38(29-39)33-21-19-32(30-47)20-22-33/h2-29H,1H3. The van der Waals surface area contributed by atoms with Crippen molar-refractivity contribution in [2.75, 3.05) is 0 Å². The highest BCUT2D eigenvalue weighted by Gasteiger charge is 2.16. The van der Waals surface area contributed by atoms with Crippen molar-refractivity contribution < 1.29 is 0 Å². The molecule has 1 aromatic heterocycles. The molecule has 0 fully saturated rings. The summed E-state index contributed by atoms with van der Waals surface area (Å²) in [6.45, 7) is 2.11. The van der Waals surface area contributed by atoms with Crippen molar-refractivity contribution in [3.05, 3.63) is 181 Å². The zero-order chi connectivity index (χ0) is 33.2. The van der Waals surface area contributed by atoms with Crippen molar-refractivity contribution in [3.8, 4) is 73.4 Å². The Morgan fingerprint density at radius 1 is 0.408 bits per heavy atom. The van der Waals surface area contributed by atoms with E-state index in [1.54, 1.807) is 0 Å². The molecule has 7 aromatic carbocycles. The van der Waals surface area contributed by atoms with Gasteiger partial charge >= 0.3 is 0 Å². The molecule has 0 atom stereocenters. The zero-order valence-electron chi connectivity index (χ0n) is 27.0. The minimum Gasteiger partial charge on any atom is -0.228 e. The van der Waals surface area contributed by atoms with Gasteiger partial charge in [0.05, 0.1) is 23.0 Å². The normalized spacial score (nSPS) is 10.9. The average Bonchev–Trinajstić information content (AvgIpc) is 3.18. The fourth-order valence-corrected chi connectivity index (χ4v) is 6.60. The van der Waals surface area contributed by atoms with Crippen LogP contribution in [0.5, 0.6) is 0 Å². The van der Waals surface area contributed by atoms with E-state index >= 15 is 0 Å². The Morgan fingerprint density at radius 3 is 1.49 bits per heavy atom. The first kappa shape index (κ1) is 29.8. The minimum absolute atomic E-state index is 0.663. The van der Waals surface area contributed by atoms with Gasteiger partial charge in [-0.25, -0.2) is 9.97 Å². The van der Waals surface area contributed by atoms with Crippen LogP contribution in [0.1, 0.15) is 11.1 Å². The van der Waals surface area contributed by atoms with Crippen LogP contribution in [0.4, 0.5) is 0 Å². The number of rotatable bonds is 6. The molecule has 3 heteroatoms. The maximum atomic E-state index is 9.22. The van der Waals surface area contributed by atoms with E-state index in [0.717, 1.165) is 55.9 Å². The lowest BCUT2D eigenvalue weighted by molar-refractivity contribution is 1.15. The Hall–Kier alpha value is -6.63. The Labute approximate surface area is 286 Å². The van der Waals surface area contributed by atoms with Gasteiger partial charge in [-0.05, 0) is 69.3 Å². The fraction of sp³-hybridized carbons (Fsp3) is 0.0217. The van der Waals surface area contributed by atoms with Crippen LogP contribution in [0.25, 0.3) is 78.1 Å². The fourth-order valence-electron chi connectivity index (χ4n) is 6.60. The molecule has 0 radical (unpaired) electrons. The third-order valence-corrected chi connectivity index (χ3v) is 9.14. The largest absolute Gasteiger partial charge is 0.228 e. The van der Waals surface area contributed by atoms with Crippen molar-refractivity contribution in [1.29, 1.82) is 5.26 Å². The molecule has 230 valence electrons. The second-order valence-electron chi connectivity index (χ2n) is 12.2. The predicted octanol–water partition coefficient (Wildman–Crippen LogP) is 11.8.